The summed E-state index contributed by atoms with van der Waals surface area (Å²) in [7, 11) is 0. The predicted octanol–water partition coefficient (Wildman–Crippen LogP) is 4.88. The Labute approximate surface area is 255 Å². The van der Waals surface area contributed by atoms with Crippen LogP contribution in [-0.2, 0) is 14.4 Å². The number of anilines is 2. The van der Waals surface area contributed by atoms with Crippen LogP contribution in [0.5, 0.6) is 0 Å². The molecule has 1 N–H and O–H groups in total. The standard InChI is InChI=1S/C33H34N6O3S/c1-22(2)23-12-14-24(15-13-23)34-29(40)21-43-33-36-27-11-7-6-10-26(27)31-35-28(32(42)39(31)33)20-30(41)38-18-16-37(17-19-38)25-8-4-3-5-9-25/h3-15,22,28H,16-21H2,1-2H3,(H,34,40)/t28-/m1/s1. The first-order valence-electron chi connectivity index (χ1n) is 14.6. The van der Waals surface area contributed by atoms with Crippen molar-refractivity contribution in [2.75, 3.05) is 42.1 Å². The number of hydrogen-bond donors (Lipinski definition) is 1. The number of aliphatic imine (C=N–C) groups is 2. The highest BCUT2D eigenvalue weighted by atomic mass is 32.2. The molecule has 0 spiro atoms. The molecule has 0 unspecified atom stereocenters. The molecule has 3 aromatic carbocycles. The Morgan fingerprint density at radius 2 is 1.63 bits per heavy atom. The summed E-state index contributed by atoms with van der Waals surface area (Å²) >= 11 is 1.19. The summed E-state index contributed by atoms with van der Waals surface area (Å²) < 4.78 is 0. The maximum Gasteiger partial charge on any atom is 0.259 e. The smallest absolute Gasteiger partial charge is 0.259 e. The summed E-state index contributed by atoms with van der Waals surface area (Å²) in [4.78, 5) is 54.8. The molecule has 1 saturated heterocycles. The number of amides is 3. The fourth-order valence-corrected chi connectivity index (χ4v) is 6.26. The summed E-state index contributed by atoms with van der Waals surface area (Å²) in [6, 6.07) is 24.6. The average molecular weight is 595 g/mol. The summed E-state index contributed by atoms with van der Waals surface area (Å²) in [5.74, 6) is 0.378. The van der Waals surface area contributed by atoms with Crippen molar-refractivity contribution in [1.82, 2.24) is 9.80 Å². The average Bonchev–Trinajstić information content (AvgIpc) is 3.36. The van der Waals surface area contributed by atoms with Gasteiger partial charge in [-0.1, -0.05) is 68.1 Å². The third-order valence-electron chi connectivity index (χ3n) is 7.86. The van der Waals surface area contributed by atoms with Crippen LogP contribution in [0.3, 0.4) is 0 Å². The Morgan fingerprint density at radius 3 is 2.35 bits per heavy atom. The number of hydrogen-bond acceptors (Lipinski definition) is 7. The first kappa shape index (κ1) is 28.7. The molecule has 3 amide bonds. The second-order valence-electron chi connectivity index (χ2n) is 11.1. The molecule has 0 aromatic heterocycles. The molecule has 43 heavy (non-hydrogen) atoms. The van der Waals surface area contributed by atoms with Crippen molar-refractivity contribution in [3.63, 3.8) is 0 Å². The zero-order valence-electron chi connectivity index (χ0n) is 24.3. The molecule has 3 aromatic rings. The molecule has 1 fully saturated rings. The molecule has 220 valence electrons. The van der Waals surface area contributed by atoms with Crippen molar-refractivity contribution in [3.05, 3.63) is 90.0 Å². The van der Waals surface area contributed by atoms with E-state index < -0.39 is 6.04 Å². The van der Waals surface area contributed by atoms with E-state index in [0.29, 0.717) is 41.4 Å². The van der Waals surface area contributed by atoms with Crippen LogP contribution >= 0.6 is 11.8 Å². The van der Waals surface area contributed by atoms with Gasteiger partial charge in [-0.15, -0.1) is 0 Å². The van der Waals surface area contributed by atoms with Gasteiger partial charge in [0.25, 0.3) is 5.91 Å². The number of benzene rings is 3. The van der Waals surface area contributed by atoms with E-state index in [4.69, 9.17) is 9.98 Å². The van der Waals surface area contributed by atoms with Crippen LogP contribution in [0.25, 0.3) is 0 Å². The van der Waals surface area contributed by atoms with Crippen molar-refractivity contribution >= 4 is 57.5 Å². The third-order valence-corrected chi connectivity index (χ3v) is 8.80. The first-order chi connectivity index (χ1) is 20.9. The van der Waals surface area contributed by atoms with E-state index in [1.54, 1.807) is 0 Å². The molecule has 3 heterocycles. The van der Waals surface area contributed by atoms with Gasteiger partial charge in [-0.25, -0.2) is 9.89 Å². The number of fused-ring (bicyclic) bond motifs is 3. The van der Waals surface area contributed by atoms with Crippen LogP contribution in [0.15, 0.2) is 88.8 Å². The van der Waals surface area contributed by atoms with Crippen LogP contribution in [-0.4, -0.2) is 76.5 Å². The van der Waals surface area contributed by atoms with E-state index in [-0.39, 0.29) is 29.9 Å². The highest BCUT2D eigenvalue weighted by molar-refractivity contribution is 8.14. The minimum atomic E-state index is -0.833. The molecule has 0 bridgehead atoms. The van der Waals surface area contributed by atoms with Crippen LogP contribution in [0.2, 0.25) is 0 Å². The number of piperazine rings is 1. The molecule has 0 saturated carbocycles. The lowest BCUT2D eigenvalue weighted by atomic mass is 10.0. The number of carbonyl (C=O) groups is 3. The van der Waals surface area contributed by atoms with Crippen molar-refractivity contribution in [3.8, 4) is 0 Å². The maximum absolute atomic E-state index is 13.7. The lowest BCUT2D eigenvalue weighted by Gasteiger charge is -2.36. The summed E-state index contributed by atoms with van der Waals surface area (Å²) in [5, 5.41) is 3.31. The van der Waals surface area contributed by atoms with E-state index in [9.17, 15) is 14.4 Å². The highest BCUT2D eigenvalue weighted by Gasteiger charge is 2.42. The van der Waals surface area contributed by atoms with E-state index in [1.807, 2.05) is 71.6 Å². The van der Waals surface area contributed by atoms with E-state index in [2.05, 4.69) is 36.2 Å². The van der Waals surface area contributed by atoms with Crippen LogP contribution in [0.1, 0.15) is 37.3 Å². The van der Waals surface area contributed by atoms with E-state index in [1.165, 1.54) is 22.2 Å². The van der Waals surface area contributed by atoms with Gasteiger partial charge in [0, 0.05) is 43.1 Å². The fraction of sp³-hybridized carbons (Fsp3) is 0.303. The number of thioether (sulfide) groups is 1. The van der Waals surface area contributed by atoms with E-state index in [0.717, 1.165) is 24.3 Å². The number of para-hydroxylation sites is 2. The molecule has 6 rings (SSSR count). The van der Waals surface area contributed by atoms with Crippen LogP contribution in [0.4, 0.5) is 17.1 Å². The molecule has 3 aliphatic heterocycles. The van der Waals surface area contributed by atoms with Gasteiger partial charge >= 0.3 is 0 Å². The molecule has 0 aliphatic carbocycles. The minimum Gasteiger partial charge on any atom is -0.368 e. The Kier molecular flexibility index (Phi) is 8.29. The molecule has 1 atom stereocenters. The van der Waals surface area contributed by atoms with Crippen molar-refractivity contribution < 1.29 is 14.4 Å². The monoisotopic (exact) mass is 594 g/mol. The Hall–Kier alpha value is -4.44. The molecule has 3 aliphatic rings. The van der Waals surface area contributed by atoms with Crippen molar-refractivity contribution in [2.24, 2.45) is 9.98 Å². The SMILES string of the molecule is CC(C)c1ccc(NC(=O)CSC2=Nc3ccccc3C3=N[C@H](CC(=O)N4CCN(c5ccccc5)CC4)C(=O)N23)cc1. The Bertz CT molecular complexity index is 1580. The first-order valence-corrected chi connectivity index (χ1v) is 15.6. The fourth-order valence-electron chi connectivity index (χ4n) is 5.46. The summed E-state index contributed by atoms with van der Waals surface area (Å²) in [6.45, 7) is 6.90. The van der Waals surface area contributed by atoms with Gasteiger partial charge in [-0.05, 0) is 47.9 Å². The Balaban J connectivity index is 1.11. The second kappa shape index (κ2) is 12.4. The number of nitrogens with zero attached hydrogens (tertiary/aromatic N) is 5. The topological polar surface area (TPSA) is 97.7 Å². The van der Waals surface area contributed by atoms with Gasteiger partial charge in [0.05, 0.1) is 17.9 Å². The molecular weight excluding hydrogens is 560 g/mol. The van der Waals surface area contributed by atoms with Gasteiger partial charge in [0.1, 0.15) is 11.9 Å². The van der Waals surface area contributed by atoms with Crippen molar-refractivity contribution in [1.29, 1.82) is 0 Å². The maximum atomic E-state index is 13.7. The number of rotatable bonds is 7. The van der Waals surface area contributed by atoms with Gasteiger partial charge < -0.3 is 15.1 Å². The predicted molar refractivity (Wildman–Crippen MR) is 172 cm³/mol. The number of amidine groups is 2. The molecular formula is C33H34N6O3S. The minimum absolute atomic E-state index is 0.00283. The van der Waals surface area contributed by atoms with Gasteiger partial charge in [0.15, 0.2) is 5.17 Å². The second-order valence-corrected chi connectivity index (χ2v) is 12.0. The lowest BCUT2D eigenvalue weighted by molar-refractivity contribution is -0.135. The largest absolute Gasteiger partial charge is 0.368 e. The van der Waals surface area contributed by atoms with Crippen LogP contribution in [0, 0.1) is 0 Å². The highest BCUT2D eigenvalue weighted by Crippen LogP contribution is 2.34. The van der Waals surface area contributed by atoms with Gasteiger partial charge in [-0.3, -0.25) is 19.4 Å². The zero-order valence-corrected chi connectivity index (χ0v) is 25.1. The summed E-state index contributed by atoms with van der Waals surface area (Å²) in [6.07, 6.45) is -0.00283. The quantitative estimate of drug-likeness (QED) is 0.421. The van der Waals surface area contributed by atoms with Gasteiger partial charge in [-0.2, -0.15) is 0 Å². The molecule has 0 radical (unpaired) electrons. The van der Waals surface area contributed by atoms with Gasteiger partial charge in [0.2, 0.25) is 11.8 Å². The normalized spacial score (nSPS) is 17.8. The summed E-state index contributed by atoms with van der Waals surface area (Å²) in [5.41, 5.74) is 4.48. The number of carbonyl (C=O) groups excluding carboxylic acids is 3. The lowest BCUT2D eigenvalue weighted by Crippen LogP contribution is -2.49. The molecule has 9 nitrogen and oxygen atoms in total. The Morgan fingerprint density at radius 1 is 0.930 bits per heavy atom. The van der Waals surface area contributed by atoms with Crippen molar-refractivity contribution in [2.45, 2.75) is 32.2 Å². The van der Waals surface area contributed by atoms with Crippen LogP contribution < -0.4 is 10.2 Å². The molecule has 10 heteroatoms. The third kappa shape index (κ3) is 6.19. The zero-order chi connectivity index (χ0) is 29.9. The van der Waals surface area contributed by atoms with E-state index >= 15 is 0 Å². The number of nitrogens with one attached hydrogen (secondary N) is 1.